The van der Waals surface area contributed by atoms with Crippen LogP contribution in [-0.4, -0.2) is 62.3 Å². The van der Waals surface area contributed by atoms with Crippen molar-refractivity contribution in [3.8, 4) is 0 Å². The van der Waals surface area contributed by atoms with E-state index in [1.807, 2.05) is 35.2 Å². The molecule has 1 aromatic carbocycles. The number of sulfonamides is 1. The molecule has 1 spiro atoms. The highest BCUT2D eigenvalue weighted by Crippen LogP contribution is 2.37. The average Bonchev–Trinajstić information content (AvgIpc) is 2.72. The number of hydrogen-bond donors (Lipinski definition) is 1. The fourth-order valence-corrected chi connectivity index (χ4v) is 4.92. The first-order valence-electron chi connectivity index (χ1n) is 10.1. The number of ether oxygens (including phenoxy) is 1. The third-order valence-electron chi connectivity index (χ3n) is 6.01. The molecule has 0 saturated carbocycles. The smallest absolute Gasteiger partial charge is 0.272 e. The Labute approximate surface area is 171 Å². The lowest BCUT2D eigenvalue weighted by Crippen LogP contribution is -2.51. The van der Waals surface area contributed by atoms with Crippen molar-refractivity contribution in [1.82, 2.24) is 14.6 Å². The molecule has 0 bridgehead atoms. The number of nitrogens with one attached hydrogen (secondary N) is 1. The topological polar surface area (TPSA) is 88.6 Å². The van der Waals surface area contributed by atoms with Gasteiger partial charge in [-0.15, -0.1) is 0 Å². The fourth-order valence-electron chi connectivity index (χ4n) is 4.39. The van der Waals surface area contributed by atoms with E-state index in [9.17, 15) is 13.2 Å². The molecular formula is C21H27N3O4S. The average molecular weight is 418 g/mol. The molecule has 1 unspecified atom stereocenters. The van der Waals surface area contributed by atoms with Crippen molar-refractivity contribution in [2.24, 2.45) is 5.92 Å². The lowest BCUT2D eigenvalue weighted by Gasteiger charge is -2.46. The summed E-state index contributed by atoms with van der Waals surface area (Å²) in [4.78, 5) is 19.3. The number of pyridine rings is 1. The summed E-state index contributed by atoms with van der Waals surface area (Å²) in [6, 6.07) is 11.5. The number of carbonyl (C=O) groups is 1. The van der Waals surface area contributed by atoms with Gasteiger partial charge in [0.15, 0.2) is 0 Å². The lowest BCUT2D eigenvalue weighted by atomic mass is 9.79. The molecule has 29 heavy (non-hydrogen) atoms. The first-order valence-corrected chi connectivity index (χ1v) is 12.0. The molecule has 1 aromatic heterocycles. The molecule has 1 atom stereocenters. The fraction of sp³-hybridized carbons (Fsp3) is 0.524. The number of aromatic nitrogens is 1. The van der Waals surface area contributed by atoms with Gasteiger partial charge in [0.05, 0.1) is 17.4 Å². The minimum atomic E-state index is -3.18. The van der Waals surface area contributed by atoms with Gasteiger partial charge in [0.1, 0.15) is 5.69 Å². The molecule has 8 heteroatoms. The van der Waals surface area contributed by atoms with Crippen LogP contribution >= 0.6 is 0 Å². The number of nitrogens with zero attached hydrogens (tertiary/aromatic N) is 2. The van der Waals surface area contributed by atoms with Crippen LogP contribution < -0.4 is 4.72 Å². The third-order valence-corrected chi connectivity index (χ3v) is 6.70. The summed E-state index contributed by atoms with van der Waals surface area (Å²) in [6.07, 6.45) is 4.40. The number of amides is 1. The molecule has 1 N–H and O–H groups in total. The largest absolute Gasteiger partial charge is 0.375 e. The molecule has 1 amide bonds. The molecule has 156 valence electrons. The Morgan fingerprint density at radius 1 is 1.24 bits per heavy atom. The zero-order valence-electron chi connectivity index (χ0n) is 16.6. The number of benzene rings is 1. The molecule has 7 nitrogen and oxygen atoms in total. The number of fused-ring (bicyclic) bond motifs is 1. The van der Waals surface area contributed by atoms with E-state index in [0.717, 1.165) is 36.6 Å². The van der Waals surface area contributed by atoms with Gasteiger partial charge in [0, 0.05) is 31.6 Å². The van der Waals surface area contributed by atoms with E-state index < -0.39 is 10.0 Å². The van der Waals surface area contributed by atoms with Gasteiger partial charge in [-0.1, -0.05) is 24.3 Å². The molecule has 2 saturated heterocycles. The Morgan fingerprint density at radius 2 is 2.00 bits per heavy atom. The minimum absolute atomic E-state index is 0.0447. The molecule has 2 fully saturated rings. The summed E-state index contributed by atoms with van der Waals surface area (Å²) < 4.78 is 31.5. The van der Waals surface area contributed by atoms with Gasteiger partial charge in [-0.05, 0) is 43.7 Å². The van der Waals surface area contributed by atoms with Gasteiger partial charge < -0.3 is 9.64 Å². The number of hydrogen-bond acceptors (Lipinski definition) is 5. The summed E-state index contributed by atoms with van der Waals surface area (Å²) >= 11 is 0. The number of para-hydroxylation sites is 1. The maximum absolute atomic E-state index is 12.9. The Kier molecular flexibility index (Phi) is 5.59. The van der Waals surface area contributed by atoms with Crippen LogP contribution in [0.25, 0.3) is 10.9 Å². The first-order chi connectivity index (χ1) is 13.8. The van der Waals surface area contributed by atoms with E-state index in [1.165, 1.54) is 6.26 Å². The molecule has 3 heterocycles. The highest BCUT2D eigenvalue weighted by atomic mass is 32.2. The Bertz CT molecular complexity index is 1000. The number of carbonyl (C=O) groups excluding carboxylic acids is 1. The van der Waals surface area contributed by atoms with Crippen LogP contribution in [0.5, 0.6) is 0 Å². The second kappa shape index (κ2) is 8.01. The van der Waals surface area contributed by atoms with E-state index in [2.05, 4.69) is 9.71 Å². The summed E-state index contributed by atoms with van der Waals surface area (Å²) in [6.45, 7) is 2.34. The van der Waals surface area contributed by atoms with Gasteiger partial charge >= 0.3 is 0 Å². The predicted molar refractivity (Wildman–Crippen MR) is 111 cm³/mol. The zero-order chi connectivity index (χ0) is 20.5. The Balaban J connectivity index is 1.38. The second-order valence-electron chi connectivity index (χ2n) is 8.19. The second-order valence-corrected chi connectivity index (χ2v) is 10.0. The quantitative estimate of drug-likeness (QED) is 0.824. The summed E-state index contributed by atoms with van der Waals surface area (Å²) in [5.74, 6) is 0.222. The van der Waals surface area contributed by atoms with E-state index in [-0.39, 0.29) is 17.4 Å². The van der Waals surface area contributed by atoms with Crippen LogP contribution in [0.4, 0.5) is 0 Å². The van der Waals surface area contributed by atoms with Gasteiger partial charge in [-0.3, -0.25) is 4.79 Å². The zero-order valence-corrected chi connectivity index (χ0v) is 17.5. The number of rotatable bonds is 4. The van der Waals surface area contributed by atoms with Gasteiger partial charge in [-0.25, -0.2) is 18.1 Å². The highest BCUT2D eigenvalue weighted by molar-refractivity contribution is 7.88. The maximum Gasteiger partial charge on any atom is 0.272 e. The maximum atomic E-state index is 12.9. The predicted octanol–water partition coefficient (Wildman–Crippen LogP) is 2.19. The molecular weight excluding hydrogens is 390 g/mol. The first kappa shape index (κ1) is 20.3. The van der Waals surface area contributed by atoms with Gasteiger partial charge in [-0.2, -0.15) is 0 Å². The Morgan fingerprint density at radius 3 is 2.76 bits per heavy atom. The van der Waals surface area contributed by atoms with E-state index in [1.54, 1.807) is 6.07 Å². The van der Waals surface area contributed by atoms with Crippen LogP contribution in [0.3, 0.4) is 0 Å². The van der Waals surface area contributed by atoms with Crippen LogP contribution in [0.2, 0.25) is 0 Å². The molecule has 0 radical (unpaired) electrons. The van der Waals surface area contributed by atoms with Crippen LogP contribution in [0.15, 0.2) is 36.4 Å². The summed E-state index contributed by atoms with van der Waals surface area (Å²) in [5, 5.41) is 1.02. The number of piperidine rings is 1. The SMILES string of the molecule is CS(=O)(=O)NCC1CCOC2(CCN(C(=O)c3ccc4ccccc4n3)CC2)C1. The standard InChI is InChI=1S/C21H27N3O4S/c1-29(26,27)22-15-16-8-13-28-21(14-16)9-11-24(12-10-21)20(25)19-7-6-17-4-2-3-5-18(17)23-19/h2-7,16,22H,8-15H2,1H3. The Hall–Kier alpha value is -2.03. The molecule has 2 aliphatic rings. The van der Waals surface area contributed by atoms with Crippen LogP contribution in [0, 0.1) is 5.92 Å². The van der Waals surface area contributed by atoms with Crippen molar-refractivity contribution in [1.29, 1.82) is 0 Å². The van der Waals surface area contributed by atoms with Crippen LogP contribution in [-0.2, 0) is 14.8 Å². The third kappa shape index (κ3) is 4.76. The van der Waals surface area contributed by atoms with Crippen LogP contribution in [0.1, 0.15) is 36.2 Å². The van der Waals surface area contributed by atoms with Crippen molar-refractivity contribution >= 4 is 26.8 Å². The summed E-state index contributed by atoms with van der Waals surface area (Å²) in [5.41, 5.74) is 1.04. The van der Waals surface area contributed by atoms with E-state index in [0.29, 0.717) is 31.9 Å². The van der Waals surface area contributed by atoms with Crippen molar-refractivity contribution in [2.45, 2.75) is 31.3 Å². The molecule has 4 rings (SSSR count). The van der Waals surface area contributed by atoms with E-state index in [4.69, 9.17) is 4.74 Å². The highest BCUT2D eigenvalue weighted by Gasteiger charge is 2.41. The molecule has 0 aliphatic carbocycles. The minimum Gasteiger partial charge on any atom is -0.375 e. The van der Waals surface area contributed by atoms with Crippen molar-refractivity contribution < 1.29 is 17.9 Å². The molecule has 2 aromatic rings. The van der Waals surface area contributed by atoms with Gasteiger partial charge in [0.25, 0.3) is 5.91 Å². The monoisotopic (exact) mass is 417 g/mol. The van der Waals surface area contributed by atoms with Crippen molar-refractivity contribution in [2.75, 3.05) is 32.5 Å². The normalized spacial score (nSPS) is 22.1. The van der Waals surface area contributed by atoms with E-state index >= 15 is 0 Å². The summed E-state index contributed by atoms with van der Waals surface area (Å²) in [7, 11) is -3.18. The lowest BCUT2D eigenvalue weighted by molar-refractivity contribution is -0.122. The van der Waals surface area contributed by atoms with Gasteiger partial charge in [0.2, 0.25) is 10.0 Å². The molecule has 2 aliphatic heterocycles. The van der Waals surface area contributed by atoms with Crippen molar-refractivity contribution in [3.63, 3.8) is 0 Å². The number of likely N-dealkylation sites (tertiary alicyclic amines) is 1. The van der Waals surface area contributed by atoms with Crippen molar-refractivity contribution in [3.05, 3.63) is 42.1 Å².